The molecule has 100 valence electrons. The van der Waals surface area contributed by atoms with Gasteiger partial charge in [-0.05, 0) is 12.1 Å². The van der Waals surface area contributed by atoms with Crippen LogP contribution in [0.2, 0.25) is 0 Å². The first-order chi connectivity index (χ1) is 8.36. The largest absolute Gasteiger partial charge is 0.418 e. The molecular weight excluding hydrogens is 249 g/mol. The van der Waals surface area contributed by atoms with Gasteiger partial charge in [-0.2, -0.15) is 13.2 Å². The highest BCUT2D eigenvalue weighted by Crippen LogP contribution is 2.34. The molecule has 1 aromatic rings. The zero-order valence-corrected chi connectivity index (χ0v) is 9.66. The molecule has 0 atom stereocenters. The van der Waals surface area contributed by atoms with Gasteiger partial charge in [0.1, 0.15) is 0 Å². The lowest BCUT2D eigenvalue weighted by molar-refractivity contribution is -0.136. The number of rotatable bonds is 3. The Labute approximate surface area is 102 Å². The SMILES string of the molecule is CN(CCO)C(=O)Nc1ccccc1C(F)(F)F. The van der Waals surface area contributed by atoms with Crippen LogP contribution in [0.3, 0.4) is 0 Å². The number of likely N-dealkylation sites (N-methyl/N-ethyl adjacent to an activating group) is 1. The van der Waals surface area contributed by atoms with Gasteiger partial charge in [0.2, 0.25) is 0 Å². The molecule has 0 aliphatic heterocycles. The summed E-state index contributed by atoms with van der Waals surface area (Å²) >= 11 is 0. The van der Waals surface area contributed by atoms with Crippen molar-refractivity contribution < 1.29 is 23.1 Å². The summed E-state index contributed by atoms with van der Waals surface area (Å²) in [6.45, 7) is -0.217. The third-order valence-electron chi connectivity index (χ3n) is 2.26. The fraction of sp³-hybridized carbons (Fsp3) is 0.364. The van der Waals surface area contributed by atoms with E-state index in [4.69, 9.17) is 5.11 Å². The molecule has 4 nitrogen and oxygen atoms in total. The Balaban J connectivity index is 2.88. The summed E-state index contributed by atoms with van der Waals surface area (Å²) in [6.07, 6.45) is -4.53. The normalized spacial score (nSPS) is 11.2. The Morgan fingerprint density at radius 1 is 1.39 bits per heavy atom. The topological polar surface area (TPSA) is 52.6 Å². The number of nitrogens with one attached hydrogen (secondary N) is 1. The number of para-hydroxylation sites is 1. The quantitative estimate of drug-likeness (QED) is 0.877. The predicted molar refractivity (Wildman–Crippen MR) is 60.2 cm³/mol. The summed E-state index contributed by atoms with van der Waals surface area (Å²) in [5.74, 6) is 0. The van der Waals surface area contributed by atoms with Crippen molar-refractivity contribution in [3.63, 3.8) is 0 Å². The Hall–Kier alpha value is -1.76. The molecular formula is C11H13F3N2O2. The first-order valence-corrected chi connectivity index (χ1v) is 5.15. The number of aliphatic hydroxyl groups is 1. The monoisotopic (exact) mass is 262 g/mol. The van der Waals surface area contributed by atoms with E-state index in [-0.39, 0.29) is 18.8 Å². The minimum Gasteiger partial charge on any atom is -0.395 e. The van der Waals surface area contributed by atoms with Crippen molar-refractivity contribution in [2.45, 2.75) is 6.18 Å². The Morgan fingerprint density at radius 3 is 2.56 bits per heavy atom. The van der Waals surface area contributed by atoms with Crippen molar-refractivity contribution in [1.29, 1.82) is 0 Å². The van der Waals surface area contributed by atoms with Gasteiger partial charge in [-0.1, -0.05) is 12.1 Å². The third-order valence-corrected chi connectivity index (χ3v) is 2.26. The minimum absolute atomic E-state index is 0.0417. The molecule has 0 heterocycles. The molecule has 0 radical (unpaired) electrons. The highest BCUT2D eigenvalue weighted by Gasteiger charge is 2.33. The van der Waals surface area contributed by atoms with Crippen LogP contribution in [0.15, 0.2) is 24.3 Å². The predicted octanol–water partition coefficient (Wildman–Crippen LogP) is 2.16. The van der Waals surface area contributed by atoms with Crippen LogP contribution in [0.1, 0.15) is 5.56 Å². The van der Waals surface area contributed by atoms with E-state index in [0.717, 1.165) is 11.0 Å². The molecule has 0 unspecified atom stereocenters. The smallest absolute Gasteiger partial charge is 0.395 e. The molecule has 0 aliphatic carbocycles. The molecule has 0 spiro atoms. The summed E-state index contributed by atoms with van der Waals surface area (Å²) in [5, 5.41) is 10.8. The van der Waals surface area contributed by atoms with Crippen LogP contribution < -0.4 is 5.32 Å². The number of urea groups is 1. The Kier molecular flexibility index (Phi) is 4.55. The fourth-order valence-electron chi connectivity index (χ4n) is 1.30. The summed E-state index contributed by atoms with van der Waals surface area (Å²) in [4.78, 5) is 12.6. The van der Waals surface area contributed by atoms with Crippen LogP contribution in [-0.2, 0) is 6.18 Å². The molecule has 0 aliphatic rings. The Bertz CT molecular complexity index is 421. The number of carbonyl (C=O) groups is 1. The number of hydrogen-bond donors (Lipinski definition) is 2. The second-order valence-electron chi connectivity index (χ2n) is 3.62. The van der Waals surface area contributed by atoms with Gasteiger partial charge < -0.3 is 15.3 Å². The summed E-state index contributed by atoms with van der Waals surface area (Å²) < 4.78 is 37.9. The first-order valence-electron chi connectivity index (χ1n) is 5.15. The molecule has 1 rings (SSSR count). The van der Waals surface area contributed by atoms with Crippen molar-refractivity contribution in [3.8, 4) is 0 Å². The van der Waals surface area contributed by atoms with E-state index in [1.165, 1.54) is 25.2 Å². The van der Waals surface area contributed by atoms with E-state index in [1.807, 2.05) is 0 Å². The number of benzene rings is 1. The molecule has 0 saturated carbocycles. The van der Waals surface area contributed by atoms with Crippen LogP contribution in [0.5, 0.6) is 0 Å². The molecule has 0 bridgehead atoms. The third kappa shape index (κ3) is 3.63. The maximum atomic E-state index is 12.6. The number of anilines is 1. The average Bonchev–Trinajstić information content (AvgIpc) is 2.28. The van der Waals surface area contributed by atoms with Gasteiger partial charge in [0.15, 0.2) is 0 Å². The number of carbonyl (C=O) groups excluding carboxylic acids is 1. The van der Waals surface area contributed by atoms with E-state index in [0.29, 0.717) is 0 Å². The Morgan fingerprint density at radius 2 is 2.00 bits per heavy atom. The van der Waals surface area contributed by atoms with Crippen LogP contribution in [0, 0.1) is 0 Å². The fourth-order valence-corrected chi connectivity index (χ4v) is 1.30. The second kappa shape index (κ2) is 5.72. The van der Waals surface area contributed by atoms with E-state index in [1.54, 1.807) is 0 Å². The molecule has 1 aromatic carbocycles. The van der Waals surface area contributed by atoms with Gasteiger partial charge >= 0.3 is 12.2 Å². The standard InChI is InChI=1S/C11H13F3N2O2/c1-16(6-7-17)10(18)15-9-5-3-2-4-8(9)11(12,13)14/h2-5,17H,6-7H2,1H3,(H,15,18). The van der Waals surface area contributed by atoms with Gasteiger partial charge in [0, 0.05) is 13.6 Å². The molecule has 7 heteroatoms. The minimum atomic E-state index is -4.53. The highest BCUT2D eigenvalue weighted by molar-refractivity contribution is 5.90. The lowest BCUT2D eigenvalue weighted by Crippen LogP contribution is -2.34. The van der Waals surface area contributed by atoms with Crippen LogP contribution in [-0.4, -0.2) is 36.2 Å². The zero-order valence-electron chi connectivity index (χ0n) is 9.66. The van der Waals surface area contributed by atoms with Crippen molar-refractivity contribution in [3.05, 3.63) is 29.8 Å². The van der Waals surface area contributed by atoms with Crippen molar-refractivity contribution in [2.24, 2.45) is 0 Å². The molecule has 2 N–H and O–H groups in total. The number of aliphatic hydroxyl groups excluding tert-OH is 1. The van der Waals surface area contributed by atoms with Gasteiger partial charge in [0.05, 0.1) is 17.9 Å². The molecule has 18 heavy (non-hydrogen) atoms. The summed E-state index contributed by atoms with van der Waals surface area (Å²) in [6, 6.07) is 4.00. The molecule has 0 aromatic heterocycles. The maximum absolute atomic E-state index is 12.6. The number of hydrogen-bond acceptors (Lipinski definition) is 2. The number of amides is 2. The lowest BCUT2D eigenvalue weighted by atomic mass is 10.1. The van der Waals surface area contributed by atoms with E-state index < -0.39 is 17.8 Å². The van der Waals surface area contributed by atoms with Crippen LogP contribution in [0.4, 0.5) is 23.7 Å². The van der Waals surface area contributed by atoms with Gasteiger partial charge in [-0.25, -0.2) is 4.79 Å². The second-order valence-corrected chi connectivity index (χ2v) is 3.62. The average molecular weight is 262 g/mol. The van der Waals surface area contributed by atoms with Crippen molar-refractivity contribution >= 4 is 11.7 Å². The van der Waals surface area contributed by atoms with Crippen LogP contribution >= 0.6 is 0 Å². The number of nitrogens with zero attached hydrogens (tertiary/aromatic N) is 1. The van der Waals surface area contributed by atoms with E-state index in [2.05, 4.69) is 5.32 Å². The van der Waals surface area contributed by atoms with Crippen molar-refractivity contribution in [2.75, 3.05) is 25.5 Å². The van der Waals surface area contributed by atoms with Crippen molar-refractivity contribution in [1.82, 2.24) is 4.90 Å². The first kappa shape index (κ1) is 14.3. The van der Waals surface area contributed by atoms with Gasteiger partial charge in [0.25, 0.3) is 0 Å². The number of halogens is 3. The van der Waals surface area contributed by atoms with Crippen LogP contribution in [0.25, 0.3) is 0 Å². The van der Waals surface area contributed by atoms with E-state index in [9.17, 15) is 18.0 Å². The summed E-state index contributed by atoms with van der Waals surface area (Å²) in [5.41, 5.74) is -1.21. The lowest BCUT2D eigenvalue weighted by Gasteiger charge is -2.19. The van der Waals surface area contributed by atoms with Gasteiger partial charge in [-0.3, -0.25) is 0 Å². The molecule has 0 fully saturated rings. The number of alkyl halides is 3. The zero-order chi connectivity index (χ0) is 13.8. The van der Waals surface area contributed by atoms with Gasteiger partial charge in [-0.15, -0.1) is 0 Å². The summed E-state index contributed by atoms with van der Waals surface area (Å²) in [7, 11) is 1.38. The van der Waals surface area contributed by atoms with E-state index >= 15 is 0 Å². The molecule has 0 saturated heterocycles. The molecule has 2 amide bonds. The maximum Gasteiger partial charge on any atom is 0.418 e. The highest BCUT2D eigenvalue weighted by atomic mass is 19.4.